The third kappa shape index (κ3) is 3.97. The Morgan fingerprint density at radius 3 is 3.00 bits per heavy atom. The number of carbonyl (C=O) groups excluding carboxylic acids is 1. The molecule has 1 aromatic rings. The van der Waals surface area contributed by atoms with Gasteiger partial charge in [0.1, 0.15) is 0 Å². The molecule has 6 nitrogen and oxygen atoms in total. The van der Waals surface area contributed by atoms with Crippen LogP contribution in [0, 0.1) is 5.41 Å². The van der Waals surface area contributed by atoms with Gasteiger partial charge in [-0.3, -0.25) is 4.68 Å². The topological polar surface area (TPSA) is 79.2 Å². The fraction of sp³-hybridized carbons (Fsp3) is 0.733. The molecule has 118 valence electrons. The van der Waals surface area contributed by atoms with Gasteiger partial charge in [0.2, 0.25) is 0 Å². The Hall–Kier alpha value is -1.56. The number of aliphatic hydroxyl groups excluding tert-OH is 1. The molecule has 21 heavy (non-hydrogen) atoms. The normalized spacial score (nSPS) is 27.1. The highest BCUT2D eigenvalue weighted by molar-refractivity contribution is 5.74. The summed E-state index contributed by atoms with van der Waals surface area (Å²) in [5, 5.41) is 20.0. The molecule has 6 heteroatoms. The molecular formula is C15H26N4O2. The van der Waals surface area contributed by atoms with E-state index in [4.69, 9.17) is 0 Å². The maximum Gasteiger partial charge on any atom is 0.315 e. The third-order valence-corrected chi connectivity index (χ3v) is 4.51. The van der Waals surface area contributed by atoms with Gasteiger partial charge in [-0.05, 0) is 19.8 Å². The minimum atomic E-state index is -0.331. The molecule has 2 rings (SSSR count). The summed E-state index contributed by atoms with van der Waals surface area (Å²) in [4.78, 5) is 12.0. The lowest BCUT2D eigenvalue weighted by molar-refractivity contribution is 0.00305. The number of rotatable bonds is 4. The van der Waals surface area contributed by atoms with Crippen LogP contribution in [0.1, 0.15) is 51.1 Å². The molecule has 0 aromatic carbocycles. The lowest BCUT2D eigenvalue weighted by atomic mass is 9.73. The van der Waals surface area contributed by atoms with E-state index >= 15 is 0 Å². The second-order valence-corrected chi connectivity index (χ2v) is 6.41. The second-order valence-electron chi connectivity index (χ2n) is 6.41. The SMILES string of the molecule is CC(NC(=O)NCC1(C)CCCCC1O)c1cnn(C)c1. The van der Waals surface area contributed by atoms with E-state index in [1.807, 2.05) is 27.1 Å². The summed E-state index contributed by atoms with van der Waals surface area (Å²) in [6.07, 6.45) is 7.26. The molecule has 0 saturated heterocycles. The summed E-state index contributed by atoms with van der Waals surface area (Å²) in [7, 11) is 1.85. The number of aromatic nitrogens is 2. The lowest BCUT2D eigenvalue weighted by Crippen LogP contribution is -2.48. The van der Waals surface area contributed by atoms with Crippen LogP contribution in [-0.2, 0) is 7.05 Å². The average Bonchev–Trinajstić information content (AvgIpc) is 2.87. The first kappa shape index (κ1) is 15.8. The number of nitrogens with one attached hydrogen (secondary N) is 2. The Labute approximate surface area is 125 Å². The van der Waals surface area contributed by atoms with Crippen LogP contribution in [0.2, 0.25) is 0 Å². The summed E-state index contributed by atoms with van der Waals surface area (Å²) in [6.45, 7) is 4.47. The van der Waals surface area contributed by atoms with Gasteiger partial charge in [0.15, 0.2) is 0 Å². The summed E-state index contributed by atoms with van der Waals surface area (Å²) < 4.78 is 1.71. The molecule has 0 bridgehead atoms. The Morgan fingerprint density at radius 1 is 1.62 bits per heavy atom. The Kier molecular flexibility index (Phi) is 4.88. The Morgan fingerprint density at radius 2 is 2.38 bits per heavy atom. The molecule has 0 radical (unpaired) electrons. The van der Waals surface area contributed by atoms with Gasteiger partial charge < -0.3 is 15.7 Å². The third-order valence-electron chi connectivity index (χ3n) is 4.51. The van der Waals surface area contributed by atoms with E-state index in [-0.39, 0.29) is 23.6 Å². The molecule has 2 amide bonds. The average molecular weight is 294 g/mol. The summed E-state index contributed by atoms with van der Waals surface area (Å²) >= 11 is 0. The second kappa shape index (κ2) is 6.47. The van der Waals surface area contributed by atoms with Crippen molar-refractivity contribution in [2.75, 3.05) is 6.54 Å². The van der Waals surface area contributed by atoms with Gasteiger partial charge in [0, 0.05) is 30.8 Å². The van der Waals surface area contributed by atoms with Crippen molar-refractivity contribution in [1.82, 2.24) is 20.4 Å². The minimum absolute atomic E-state index is 0.0946. The van der Waals surface area contributed by atoms with E-state index in [9.17, 15) is 9.90 Å². The first-order valence-electron chi connectivity index (χ1n) is 7.62. The summed E-state index contributed by atoms with van der Waals surface area (Å²) in [5.74, 6) is 0. The Balaban J connectivity index is 1.82. The van der Waals surface area contributed by atoms with Crippen LogP contribution in [0.25, 0.3) is 0 Å². The van der Waals surface area contributed by atoms with Crippen molar-refractivity contribution in [2.24, 2.45) is 12.5 Å². The molecule has 3 unspecified atom stereocenters. The van der Waals surface area contributed by atoms with Crippen molar-refractivity contribution in [1.29, 1.82) is 0 Å². The summed E-state index contributed by atoms with van der Waals surface area (Å²) in [6, 6.07) is -0.298. The van der Waals surface area contributed by atoms with Crippen LogP contribution in [0.3, 0.4) is 0 Å². The molecule has 1 aliphatic carbocycles. The maximum absolute atomic E-state index is 12.0. The Bertz CT molecular complexity index is 488. The van der Waals surface area contributed by atoms with E-state index in [0.717, 1.165) is 31.2 Å². The fourth-order valence-corrected chi connectivity index (χ4v) is 2.86. The maximum atomic E-state index is 12.0. The number of aliphatic hydroxyl groups is 1. The van der Waals surface area contributed by atoms with Crippen molar-refractivity contribution in [3.63, 3.8) is 0 Å². The number of hydrogen-bond acceptors (Lipinski definition) is 3. The van der Waals surface area contributed by atoms with Gasteiger partial charge in [-0.1, -0.05) is 19.8 Å². The highest BCUT2D eigenvalue weighted by atomic mass is 16.3. The predicted octanol–water partition coefficient (Wildman–Crippen LogP) is 1.72. The zero-order chi connectivity index (χ0) is 15.5. The van der Waals surface area contributed by atoms with Crippen LogP contribution in [-0.4, -0.2) is 33.6 Å². The zero-order valence-electron chi connectivity index (χ0n) is 13.1. The molecule has 3 atom stereocenters. The van der Waals surface area contributed by atoms with Crippen molar-refractivity contribution in [3.05, 3.63) is 18.0 Å². The van der Waals surface area contributed by atoms with Gasteiger partial charge >= 0.3 is 6.03 Å². The van der Waals surface area contributed by atoms with Crippen molar-refractivity contribution >= 4 is 6.03 Å². The first-order valence-corrected chi connectivity index (χ1v) is 7.62. The van der Waals surface area contributed by atoms with Crippen LogP contribution >= 0.6 is 0 Å². The highest BCUT2D eigenvalue weighted by Crippen LogP contribution is 2.35. The number of aryl methyl sites for hydroxylation is 1. The van der Waals surface area contributed by atoms with Crippen LogP contribution in [0.4, 0.5) is 4.79 Å². The smallest absolute Gasteiger partial charge is 0.315 e. The van der Waals surface area contributed by atoms with Gasteiger partial charge in [-0.2, -0.15) is 5.10 Å². The molecule has 0 spiro atoms. The monoisotopic (exact) mass is 294 g/mol. The molecule has 1 fully saturated rings. The van der Waals surface area contributed by atoms with Crippen LogP contribution in [0.15, 0.2) is 12.4 Å². The predicted molar refractivity (Wildman–Crippen MR) is 80.7 cm³/mol. The molecule has 1 heterocycles. The highest BCUT2D eigenvalue weighted by Gasteiger charge is 2.35. The molecule has 1 aromatic heterocycles. The summed E-state index contributed by atoms with van der Waals surface area (Å²) in [5.41, 5.74) is 0.754. The van der Waals surface area contributed by atoms with Crippen molar-refractivity contribution < 1.29 is 9.90 Å². The first-order chi connectivity index (χ1) is 9.90. The fourth-order valence-electron chi connectivity index (χ4n) is 2.86. The van der Waals surface area contributed by atoms with E-state index in [0.29, 0.717) is 6.54 Å². The van der Waals surface area contributed by atoms with Crippen LogP contribution < -0.4 is 10.6 Å². The van der Waals surface area contributed by atoms with Crippen LogP contribution in [0.5, 0.6) is 0 Å². The van der Waals surface area contributed by atoms with E-state index in [1.54, 1.807) is 10.9 Å². The van der Waals surface area contributed by atoms with E-state index < -0.39 is 0 Å². The number of nitrogens with zero attached hydrogens (tertiary/aromatic N) is 2. The molecule has 1 aliphatic rings. The number of carbonyl (C=O) groups is 1. The molecule has 1 saturated carbocycles. The largest absolute Gasteiger partial charge is 0.392 e. The minimum Gasteiger partial charge on any atom is -0.392 e. The van der Waals surface area contributed by atoms with E-state index in [1.165, 1.54) is 0 Å². The van der Waals surface area contributed by atoms with Gasteiger partial charge in [0.05, 0.1) is 18.3 Å². The van der Waals surface area contributed by atoms with Crippen molar-refractivity contribution in [2.45, 2.75) is 51.7 Å². The van der Waals surface area contributed by atoms with E-state index in [2.05, 4.69) is 15.7 Å². The number of urea groups is 1. The van der Waals surface area contributed by atoms with Gasteiger partial charge in [-0.15, -0.1) is 0 Å². The lowest BCUT2D eigenvalue weighted by Gasteiger charge is -2.38. The van der Waals surface area contributed by atoms with Gasteiger partial charge in [0.25, 0.3) is 0 Å². The molecular weight excluding hydrogens is 268 g/mol. The molecule has 3 N–H and O–H groups in total. The van der Waals surface area contributed by atoms with Crippen molar-refractivity contribution in [3.8, 4) is 0 Å². The quantitative estimate of drug-likeness (QED) is 0.791. The number of amides is 2. The number of hydrogen-bond donors (Lipinski definition) is 3. The zero-order valence-corrected chi connectivity index (χ0v) is 13.1. The standard InChI is InChI=1S/C15H26N4O2/c1-11(12-8-17-19(3)9-12)18-14(21)16-10-15(2)7-5-4-6-13(15)20/h8-9,11,13,20H,4-7,10H2,1-3H3,(H2,16,18,21). The molecule has 0 aliphatic heterocycles. The van der Waals surface area contributed by atoms with Gasteiger partial charge in [-0.25, -0.2) is 4.79 Å².